The number of rotatable bonds is 12. The van der Waals surface area contributed by atoms with E-state index in [2.05, 4.69) is 16.9 Å². The van der Waals surface area contributed by atoms with Gasteiger partial charge in [-0.1, -0.05) is 42.5 Å². The molecule has 2 aliphatic heterocycles. The summed E-state index contributed by atoms with van der Waals surface area (Å²) in [6.45, 7) is 2.64. The van der Waals surface area contributed by atoms with Crippen molar-refractivity contribution in [1.82, 2.24) is 0 Å². The third-order valence-electron chi connectivity index (χ3n) is 6.96. The highest BCUT2D eigenvalue weighted by molar-refractivity contribution is 5.70. The van der Waals surface area contributed by atoms with Gasteiger partial charge in [-0.2, -0.15) is 0 Å². The molecule has 2 saturated heterocycles. The van der Waals surface area contributed by atoms with E-state index in [1.54, 1.807) is 0 Å². The summed E-state index contributed by atoms with van der Waals surface area (Å²) >= 11 is 0. The molecular formula is C30H32O8. The zero-order valence-electron chi connectivity index (χ0n) is 21.4. The molecule has 2 aliphatic rings. The number of esters is 1. The van der Waals surface area contributed by atoms with Crippen LogP contribution in [0.1, 0.15) is 11.1 Å². The van der Waals surface area contributed by atoms with Crippen LogP contribution in [0.15, 0.2) is 72.8 Å². The van der Waals surface area contributed by atoms with E-state index in [1.165, 1.54) is 7.11 Å². The lowest BCUT2D eigenvalue weighted by Crippen LogP contribution is -2.49. The maximum Gasteiger partial charge on any atom is 0.331 e. The smallest absolute Gasteiger partial charge is 0.331 e. The number of methoxy groups -OCH3 is 1. The van der Waals surface area contributed by atoms with Crippen LogP contribution in [0.3, 0.4) is 0 Å². The maximum atomic E-state index is 11.5. The molecule has 0 aliphatic carbocycles. The van der Waals surface area contributed by atoms with Gasteiger partial charge in [-0.25, -0.2) is 4.79 Å². The molecule has 2 fully saturated rings. The van der Waals surface area contributed by atoms with Gasteiger partial charge >= 0.3 is 5.97 Å². The topological polar surface area (TPSA) is 92.7 Å². The maximum absolute atomic E-state index is 11.5. The predicted octanol–water partition coefficient (Wildman–Crippen LogP) is 3.74. The third kappa shape index (κ3) is 5.84. The summed E-state index contributed by atoms with van der Waals surface area (Å²) in [6, 6.07) is 23.8. The second kappa shape index (κ2) is 11.5. The monoisotopic (exact) mass is 520 g/mol. The molecule has 38 heavy (non-hydrogen) atoms. The minimum atomic E-state index is -0.631. The summed E-state index contributed by atoms with van der Waals surface area (Å²) in [6.07, 6.45) is 0. The van der Waals surface area contributed by atoms with E-state index in [0.29, 0.717) is 39.6 Å². The first-order chi connectivity index (χ1) is 18.5. The zero-order chi connectivity index (χ0) is 26.4. The van der Waals surface area contributed by atoms with Gasteiger partial charge in [0, 0.05) is 0 Å². The molecule has 0 aromatic heterocycles. The molecule has 0 amide bonds. The summed E-state index contributed by atoms with van der Waals surface area (Å²) in [7, 11) is 1.34. The van der Waals surface area contributed by atoms with Crippen LogP contribution in [0.5, 0.6) is 11.5 Å². The van der Waals surface area contributed by atoms with Gasteiger partial charge in [0.2, 0.25) is 0 Å². The third-order valence-corrected chi connectivity index (χ3v) is 6.96. The van der Waals surface area contributed by atoms with Gasteiger partial charge < -0.3 is 33.5 Å². The summed E-state index contributed by atoms with van der Waals surface area (Å²) in [5.41, 5.74) is 3.23. The van der Waals surface area contributed by atoms with Gasteiger partial charge in [0.15, 0.2) is 0 Å². The molecule has 0 bridgehead atoms. The van der Waals surface area contributed by atoms with E-state index in [4.69, 9.17) is 23.7 Å². The summed E-state index contributed by atoms with van der Waals surface area (Å²) in [5.74, 6) is 1.09. The van der Waals surface area contributed by atoms with Crippen LogP contribution >= 0.6 is 0 Å². The van der Waals surface area contributed by atoms with Crippen molar-refractivity contribution in [3.63, 3.8) is 0 Å². The van der Waals surface area contributed by atoms with Crippen LogP contribution in [0.4, 0.5) is 0 Å². The highest BCUT2D eigenvalue weighted by Crippen LogP contribution is 2.35. The van der Waals surface area contributed by atoms with Crippen molar-refractivity contribution in [2.24, 2.45) is 5.41 Å². The largest absolute Gasteiger partial charge is 0.493 e. The number of carbonyl (C=O) groups is 1. The molecule has 3 aromatic rings. The van der Waals surface area contributed by atoms with E-state index in [-0.39, 0.29) is 18.6 Å². The number of aliphatic hydroxyl groups excluding tert-OH is 1. The average Bonchev–Trinajstić information content (AvgIpc) is 2.92. The van der Waals surface area contributed by atoms with Crippen LogP contribution in [0.2, 0.25) is 0 Å². The molecule has 200 valence electrons. The molecule has 3 aromatic carbocycles. The summed E-state index contributed by atoms with van der Waals surface area (Å²) in [5, 5.41) is 9.56. The second-order valence-corrected chi connectivity index (χ2v) is 9.83. The minimum Gasteiger partial charge on any atom is -0.493 e. The molecule has 0 spiro atoms. The van der Waals surface area contributed by atoms with Gasteiger partial charge in [0.1, 0.15) is 36.9 Å². The lowest BCUT2D eigenvalue weighted by molar-refractivity contribution is -0.220. The molecular weight excluding hydrogens is 488 g/mol. The van der Waals surface area contributed by atoms with E-state index in [9.17, 15) is 9.90 Å². The van der Waals surface area contributed by atoms with Gasteiger partial charge in [-0.15, -0.1) is 0 Å². The van der Waals surface area contributed by atoms with Gasteiger partial charge in [0.25, 0.3) is 0 Å². The molecule has 0 atom stereocenters. The molecule has 0 saturated carbocycles. The molecule has 2 heterocycles. The summed E-state index contributed by atoms with van der Waals surface area (Å²) in [4.78, 5) is 11.5. The van der Waals surface area contributed by atoms with E-state index < -0.39 is 11.6 Å². The van der Waals surface area contributed by atoms with E-state index in [1.807, 2.05) is 60.7 Å². The molecule has 0 unspecified atom stereocenters. The quantitative estimate of drug-likeness (QED) is 0.361. The number of carbonyl (C=O) groups excluding carboxylic acids is 1. The van der Waals surface area contributed by atoms with E-state index >= 15 is 0 Å². The second-order valence-electron chi connectivity index (χ2n) is 9.83. The Bertz CT molecular complexity index is 1210. The Morgan fingerprint density at radius 3 is 2.16 bits per heavy atom. The fourth-order valence-corrected chi connectivity index (χ4v) is 4.33. The lowest BCUT2D eigenvalue weighted by Gasteiger charge is -2.41. The van der Waals surface area contributed by atoms with Gasteiger partial charge in [-0.3, -0.25) is 0 Å². The van der Waals surface area contributed by atoms with Crippen molar-refractivity contribution in [2.45, 2.75) is 12.2 Å². The molecule has 1 N–H and O–H groups in total. The van der Waals surface area contributed by atoms with Crippen molar-refractivity contribution in [1.29, 1.82) is 0 Å². The Kier molecular flexibility index (Phi) is 7.95. The number of hydrogen-bond donors (Lipinski definition) is 1. The SMILES string of the molecule is COC(=O)COC1(c2ccc(OCc3cccc(-c4ccc(OCC5(CO)COC5)cc4)c3)cc2)COC1. The van der Waals surface area contributed by atoms with Crippen LogP contribution < -0.4 is 9.47 Å². The average molecular weight is 521 g/mol. The zero-order valence-corrected chi connectivity index (χ0v) is 21.4. The fraction of sp³-hybridized carbons (Fsp3) is 0.367. The van der Waals surface area contributed by atoms with Crippen molar-refractivity contribution >= 4 is 5.97 Å². The normalized spacial score (nSPS) is 17.1. The molecule has 8 heteroatoms. The molecule has 0 radical (unpaired) electrons. The molecule has 5 rings (SSSR count). The first kappa shape index (κ1) is 26.2. The number of ether oxygens (including phenoxy) is 6. The highest BCUT2D eigenvalue weighted by atomic mass is 16.6. The minimum absolute atomic E-state index is 0.0608. The Labute approximate surface area is 222 Å². The first-order valence-corrected chi connectivity index (χ1v) is 12.6. The predicted molar refractivity (Wildman–Crippen MR) is 139 cm³/mol. The standard InChI is InChI=1S/C30H32O8/c1-33-28(32)15-38-30(20-35-21-30)25-7-11-26(12-8-25)36-14-22-3-2-4-24(13-22)23-5-9-27(10-6-23)37-19-29(16-31)17-34-18-29/h2-13,31H,14-21H2,1H3. The Morgan fingerprint density at radius 2 is 1.55 bits per heavy atom. The Hall–Kier alpha value is -3.43. The van der Waals surface area contributed by atoms with E-state index in [0.717, 1.165) is 33.8 Å². The van der Waals surface area contributed by atoms with Crippen molar-refractivity contribution in [3.8, 4) is 22.6 Å². The van der Waals surface area contributed by atoms with Crippen LogP contribution in [0, 0.1) is 5.41 Å². The van der Waals surface area contributed by atoms with Crippen molar-refractivity contribution in [3.05, 3.63) is 83.9 Å². The fourth-order valence-electron chi connectivity index (χ4n) is 4.33. The van der Waals surface area contributed by atoms with Crippen LogP contribution in [-0.2, 0) is 35.9 Å². The number of aliphatic hydroxyl groups is 1. The van der Waals surface area contributed by atoms with Gasteiger partial charge in [0.05, 0.1) is 45.6 Å². The van der Waals surface area contributed by atoms with Crippen molar-refractivity contribution < 1.29 is 38.3 Å². The first-order valence-electron chi connectivity index (χ1n) is 12.6. The highest BCUT2D eigenvalue weighted by Gasteiger charge is 2.42. The van der Waals surface area contributed by atoms with Crippen LogP contribution in [-0.4, -0.2) is 64.4 Å². The number of hydrogen-bond acceptors (Lipinski definition) is 8. The Morgan fingerprint density at radius 1 is 0.868 bits per heavy atom. The summed E-state index contributed by atoms with van der Waals surface area (Å²) < 4.78 is 33.0. The molecule has 8 nitrogen and oxygen atoms in total. The lowest BCUT2D eigenvalue weighted by atomic mass is 9.88. The Balaban J connectivity index is 1.16. The number of benzene rings is 3. The van der Waals surface area contributed by atoms with Gasteiger partial charge in [-0.05, 0) is 52.6 Å². The van der Waals surface area contributed by atoms with Crippen LogP contribution in [0.25, 0.3) is 11.1 Å². The van der Waals surface area contributed by atoms with Crippen molar-refractivity contribution in [2.75, 3.05) is 53.4 Å².